The van der Waals surface area contributed by atoms with Crippen LogP contribution in [0.4, 0.5) is 4.79 Å². The molecule has 0 radical (unpaired) electrons. The number of urea groups is 1. The molecule has 2 aromatic heterocycles. The number of carboxylic acid groups (broad SMARTS) is 1. The Balaban J connectivity index is 1.45. The van der Waals surface area contributed by atoms with Crippen molar-refractivity contribution >= 4 is 40.9 Å². The van der Waals surface area contributed by atoms with Gasteiger partial charge in [0.1, 0.15) is 11.5 Å². The fourth-order valence-corrected chi connectivity index (χ4v) is 4.47. The number of fused-ring (bicyclic) bond motifs is 1. The van der Waals surface area contributed by atoms with Gasteiger partial charge in [0.2, 0.25) is 5.76 Å². The molecule has 3 heterocycles. The summed E-state index contributed by atoms with van der Waals surface area (Å²) in [7, 11) is 1.23. The number of aromatic nitrogens is 1. The number of carboxylic acids is 1. The highest BCUT2D eigenvalue weighted by molar-refractivity contribution is 6.14. The second kappa shape index (κ2) is 9.74. The van der Waals surface area contributed by atoms with E-state index < -0.39 is 23.9 Å². The maximum absolute atomic E-state index is 13.1. The standard InChI is InChI=1S/C28H23N3O7/c1-16-21(13-22-25(32)31(28(36)29-22)15-19-11-12-24(38-19)27(35)37-2)20-5-3-4-6-23(20)30(16)14-17-7-9-18(10-8-17)26(33)34/h3-13H,14-15H2,1-2H3,(H,29,36)(H,33,34)/b22-13-. The summed E-state index contributed by atoms with van der Waals surface area (Å²) < 4.78 is 12.1. The number of aromatic carboxylic acids is 1. The lowest BCUT2D eigenvalue weighted by Gasteiger charge is -2.09. The molecular formula is C28H23N3O7. The zero-order valence-corrected chi connectivity index (χ0v) is 20.6. The van der Waals surface area contributed by atoms with E-state index in [1.165, 1.54) is 19.2 Å². The van der Waals surface area contributed by atoms with Crippen molar-refractivity contribution in [3.05, 3.63) is 100 Å². The number of methoxy groups -OCH3 is 1. The lowest BCUT2D eigenvalue weighted by atomic mass is 10.1. The van der Waals surface area contributed by atoms with Gasteiger partial charge in [0.05, 0.1) is 19.2 Å². The molecule has 1 aliphatic heterocycles. The summed E-state index contributed by atoms with van der Waals surface area (Å²) in [6.07, 6.45) is 1.66. The minimum absolute atomic E-state index is 0.0219. The summed E-state index contributed by atoms with van der Waals surface area (Å²) in [6, 6.07) is 16.7. The van der Waals surface area contributed by atoms with Gasteiger partial charge in [-0.25, -0.2) is 14.4 Å². The smallest absolute Gasteiger partial charge is 0.373 e. The number of esters is 1. The van der Waals surface area contributed by atoms with Crippen molar-refractivity contribution in [2.75, 3.05) is 7.11 Å². The second-order valence-electron chi connectivity index (χ2n) is 8.74. The Morgan fingerprint density at radius 1 is 1.03 bits per heavy atom. The van der Waals surface area contributed by atoms with Gasteiger partial charge in [-0.3, -0.25) is 9.69 Å². The first-order valence-electron chi connectivity index (χ1n) is 11.7. The van der Waals surface area contributed by atoms with E-state index in [1.54, 1.807) is 30.3 Å². The minimum atomic E-state index is -0.985. The molecule has 0 unspecified atom stereocenters. The summed E-state index contributed by atoms with van der Waals surface area (Å²) in [4.78, 5) is 49.6. The van der Waals surface area contributed by atoms with Crippen LogP contribution in [0.2, 0.25) is 0 Å². The van der Waals surface area contributed by atoms with Crippen molar-refractivity contribution in [2.24, 2.45) is 0 Å². The second-order valence-corrected chi connectivity index (χ2v) is 8.74. The predicted molar refractivity (Wildman–Crippen MR) is 136 cm³/mol. The Morgan fingerprint density at radius 2 is 1.76 bits per heavy atom. The molecule has 10 nitrogen and oxygen atoms in total. The van der Waals surface area contributed by atoms with E-state index in [-0.39, 0.29) is 29.3 Å². The van der Waals surface area contributed by atoms with Crippen LogP contribution in [0.15, 0.2) is 70.8 Å². The monoisotopic (exact) mass is 513 g/mol. The fraction of sp³-hybridized carbons (Fsp3) is 0.143. The molecule has 10 heteroatoms. The van der Waals surface area contributed by atoms with Gasteiger partial charge in [-0.1, -0.05) is 30.3 Å². The van der Waals surface area contributed by atoms with Crippen LogP contribution in [0.1, 0.15) is 43.5 Å². The average Bonchev–Trinajstić information content (AvgIpc) is 3.57. The predicted octanol–water partition coefficient (Wildman–Crippen LogP) is 4.17. The molecule has 3 amide bonds. The van der Waals surface area contributed by atoms with Crippen LogP contribution in [0, 0.1) is 6.92 Å². The minimum Gasteiger partial charge on any atom is -0.478 e. The summed E-state index contributed by atoms with van der Waals surface area (Å²) in [6.45, 7) is 2.27. The lowest BCUT2D eigenvalue weighted by Crippen LogP contribution is -2.30. The van der Waals surface area contributed by atoms with Gasteiger partial charge < -0.3 is 24.1 Å². The first-order chi connectivity index (χ1) is 18.3. The quantitative estimate of drug-likeness (QED) is 0.215. The van der Waals surface area contributed by atoms with Gasteiger partial charge in [0.15, 0.2) is 0 Å². The molecule has 1 aliphatic rings. The van der Waals surface area contributed by atoms with Gasteiger partial charge in [0, 0.05) is 28.7 Å². The molecule has 4 aromatic rings. The molecule has 2 aromatic carbocycles. The topological polar surface area (TPSA) is 131 Å². The molecular weight excluding hydrogens is 490 g/mol. The van der Waals surface area contributed by atoms with Crippen molar-refractivity contribution in [3.63, 3.8) is 0 Å². The zero-order valence-electron chi connectivity index (χ0n) is 20.6. The Morgan fingerprint density at radius 3 is 2.47 bits per heavy atom. The highest BCUT2D eigenvalue weighted by Gasteiger charge is 2.35. The van der Waals surface area contributed by atoms with Crippen molar-refractivity contribution in [2.45, 2.75) is 20.0 Å². The molecule has 192 valence electrons. The number of imide groups is 1. The Kier molecular flexibility index (Phi) is 6.29. The summed E-state index contributed by atoms with van der Waals surface area (Å²) in [5.41, 5.74) is 3.82. The number of nitrogens with zero attached hydrogens (tertiary/aromatic N) is 2. The van der Waals surface area contributed by atoms with E-state index >= 15 is 0 Å². The van der Waals surface area contributed by atoms with E-state index in [0.29, 0.717) is 6.54 Å². The normalized spacial score (nSPS) is 14.4. The first-order valence-corrected chi connectivity index (χ1v) is 11.7. The average molecular weight is 514 g/mol. The molecule has 0 saturated carbocycles. The molecule has 0 spiro atoms. The van der Waals surface area contributed by atoms with Crippen molar-refractivity contribution in [1.29, 1.82) is 0 Å². The van der Waals surface area contributed by atoms with Crippen LogP contribution in [-0.4, -0.2) is 45.6 Å². The third-order valence-corrected chi connectivity index (χ3v) is 6.43. The highest BCUT2D eigenvalue weighted by Crippen LogP contribution is 2.30. The van der Waals surface area contributed by atoms with E-state index in [2.05, 4.69) is 14.6 Å². The third kappa shape index (κ3) is 4.43. The van der Waals surface area contributed by atoms with Crippen LogP contribution in [0.3, 0.4) is 0 Å². The number of rotatable bonds is 7. The Labute approximate surface area is 216 Å². The van der Waals surface area contributed by atoms with Crippen molar-refractivity contribution in [3.8, 4) is 0 Å². The maximum atomic E-state index is 13.1. The molecule has 0 atom stereocenters. The van der Waals surface area contributed by atoms with Gasteiger partial charge >= 0.3 is 18.0 Å². The number of furan rings is 1. The van der Waals surface area contributed by atoms with Crippen LogP contribution in [0.5, 0.6) is 0 Å². The third-order valence-electron chi connectivity index (χ3n) is 6.43. The van der Waals surface area contributed by atoms with Crippen LogP contribution in [-0.2, 0) is 22.6 Å². The molecule has 0 aliphatic carbocycles. The van der Waals surface area contributed by atoms with Crippen LogP contribution < -0.4 is 5.32 Å². The highest BCUT2D eigenvalue weighted by atomic mass is 16.5. The van der Waals surface area contributed by atoms with E-state index in [0.717, 1.165) is 32.6 Å². The van der Waals surface area contributed by atoms with Gasteiger partial charge in [-0.2, -0.15) is 0 Å². The number of nitrogens with one attached hydrogen (secondary N) is 1. The number of carbonyl (C=O) groups excluding carboxylic acids is 3. The van der Waals surface area contributed by atoms with E-state index in [9.17, 15) is 19.2 Å². The molecule has 38 heavy (non-hydrogen) atoms. The number of para-hydroxylation sites is 1. The fourth-order valence-electron chi connectivity index (χ4n) is 4.47. The van der Waals surface area contributed by atoms with Gasteiger partial charge in [-0.15, -0.1) is 0 Å². The van der Waals surface area contributed by atoms with Crippen molar-refractivity contribution in [1.82, 2.24) is 14.8 Å². The first kappa shape index (κ1) is 24.6. The zero-order chi connectivity index (χ0) is 27.0. The Bertz CT molecular complexity index is 1630. The lowest BCUT2D eigenvalue weighted by molar-refractivity contribution is -0.123. The summed E-state index contributed by atoms with van der Waals surface area (Å²) in [5.74, 6) is -1.92. The number of hydrogen-bond donors (Lipinski definition) is 2. The van der Waals surface area contributed by atoms with Gasteiger partial charge in [-0.05, 0) is 48.9 Å². The van der Waals surface area contributed by atoms with Crippen molar-refractivity contribution < 1.29 is 33.4 Å². The number of ether oxygens (including phenoxy) is 1. The van der Waals surface area contributed by atoms with Crippen LogP contribution >= 0.6 is 0 Å². The van der Waals surface area contributed by atoms with Crippen LogP contribution in [0.25, 0.3) is 17.0 Å². The molecule has 1 fully saturated rings. The molecule has 5 rings (SSSR count). The van der Waals surface area contributed by atoms with Gasteiger partial charge in [0.25, 0.3) is 5.91 Å². The Hall–Kier alpha value is -5.12. The van der Waals surface area contributed by atoms with E-state index in [4.69, 9.17) is 9.52 Å². The van der Waals surface area contributed by atoms with E-state index in [1.807, 2.05) is 31.2 Å². The molecule has 1 saturated heterocycles. The summed E-state index contributed by atoms with van der Waals surface area (Å²) >= 11 is 0. The number of benzene rings is 2. The largest absolute Gasteiger partial charge is 0.478 e. The number of hydrogen-bond acceptors (Lipinski definition) is 6. The molecule has 2 N–H and O–H groups in total. The SMILES string of the molecule is COC(=O)c1ccc(CN2C(=O)N/C(=C\c3c(C)n(Cc4ccc(C(=O)O)cc4)c4ccccc34)C2=O)o1. The summed E-state index contributed by atoms with van der Waals surface area (Å²) in [5, 5.41) is 12.7. The number of amides is 3. The maximum Gasteiger partial charge on any atom is 0.373 e. The number of carbonyl (C=O) groups is 4. The molecule has 0 bridgehead atoms.